The number of nitrogens with zero attached hydrogens (tertiary/aromatic N) is 1. The van der Waals surface area contributed by atoms with E-state index in [1.807, 2.05) is 6.92 Å². The molecule has 0 unspecified atom stereocenters. The van der Waals surface area contributed by atoms with E-state index >= 15 is 0 Å². The van der Waals surface area contributed by atoms with Gasteiger partial charge in [-0.25, -0.2) is 4.98 Å². The van der Waals surface area contributed by atoms with E-state index in [1.165, 1.54) is 0 Å². The quantitative estimate of drug-likeness (QED) is 0.892. The van der Waals surface area contributed by atoms with E-state index in [0.717, 1.165) is 62.4 Å². The van der Waals surface area contributed by atoms with Crippen molar-refractivity contribution in [1.29, 1.82) is 0 Å². The summed E-state index contributed by atoms with van der Waals surface area (Å²) in [5, 5.41) is 0. The summed E-state index contributed by atoms with van der Waals surface area (Å²) < 4.78 is 5.35. The highest BCUT2D eigenvalue weighted by atomic mass is 16.5. The second kappa shape index (κ2) is 6.14. The fourth-order valence-corrected chi connectivity index (χ4v) is 2.35. The summed E-state index contributed by atoms with van der Waals surface area (Å²) in [5.41, 5.74) is 1.78. The number of H-pyrrole nitrogens is 1. The monoisotopic (exact) mass is 250 g/mol. The molecular weight excluding hydrogens is 228 g/mol. The molecule has 100 valence electrons. The molecule has 18 heavy (non-hydrogen) atoms. The van der Waals surface area contributed by atoms with Gasteiger partial charge in [0.05, 0.1) is 5.69 Å². The summed E-state index contributed by atoms with van der Waals surface area (Å²) in [6.45, 7) is 5.56. The van der Waals surface area contributed by atoms with Gasteiger partial charge in [-0.2, -0.15) is 0 Å². The molecular formula is C14H22N2O2. The molecule has 4 nitrogen and oxygen atoms in total. The molecule has 1 aromatic heterocycles. The molecule has 1 aliphatic rings. The van der Waals surface area contributed by atoms with Crippen LogP contribution in [0.1, 0.15) is 55.6 Å². The maximum absolute atomic E-state index is 11.9. The lowest BCUT2D eigenvalue weighted by molar-refractivity contribution is 0.0834. The minimum atomic E-state index is 0.0256. The van der Waals surface area contributed by atoms with Gasteiger partial charge in [0.1, 0.15) is 5.82 Å². The van der Waals surface area contributed by atoms with Gasteiger partial charge in [-0.15, -0.1) is 0 Å². The van der Waals surface area contributed by atoms with Crippen molar-refractivity contribution in [2.45, 2.75) is 51.9 Å². The Hall–Kier alpha value is -1.16. The third kappa shape index (κ3) is 2.99. The van der Waals surface area contributed by atoms with Gasteiger partial charge in [-0.05, 0) is 32.6 Å². The van der Waals surface area contributed by atoms with Gasteiger partial charge < -0.3 is 9.72 Å². The van der Waals surface area contributed by atoms with Crippen LogP contribution >= 0.6 is 0 Å². The zero-order valence-corrected chi connectivity index (χ0v) is 11.3. The zero-order chi connectivity index (χ0) is 13.0. The molecule has 0 aliphatic carbocycles. The number of aryl methyl sites for hydroxylation is 1. The average molecular weight is 250 g/mol. The van der Waals surface area contributed by atoms with E-state index in [9.17, 15) is 4.79 Å². The first-order valence-electron chi connectivity index (χ1n) is 6.89. The molecule has 0 radical (unpaired) electrons. The summed E-state index contributed by atoms with van der Waals surface area (Å²) in [6.07, 6.45) is 5.03. The van der Waals surface area contributed by atoms with Crippen molar-refractivity contribution in [2.75, 3.05) is 13.2 Å². The van der Waals surface area contributed by atoms with Crippen LogP contribution in [-0.2, 0) is 11.2 Å². The summed E-state index contributed by atoms with van der Waals surface area (Å²) in [5.74, 6) is 1.22. The number of hydrogen-bond acceptors (Lipinski definition) is 3. The van der Waals surface area contributed by atoms with E-state index < -0.39 is 0 Å². The van der Waals surface area contributed by atoms with Crippen LogP contribution in [0, 0.1) is 6.92 Å². The number of nitrogens with one attached hydrogen (secondary N) is 1. The van der Waals surface area contributed by atoms with E-state index in [0.29, 0.717) is 5.92 Å². The normalized spacial score (nSPS) is 17.0. The smallest absolute Gasteiger partial charge is 0.254 e. The fraction of sp³-hybridized carbons (Fsp3) is 0.714. The maximum atomic E-state index is 11.9. The number of hydrogen-bond donors (Lipinski definition) is 1. The van der Waals surface area contributed by atoms with Crippen LogP contribution in [0.25, 0.3) is 0 Å². The van der Waals surface area contributed by atoms with Crippen LogP contribution < -0.4 is 5.56 Å². The molecule has 1 fully saturated rings. The molecule has 1 aromatic rings. The largest absolute Gasteiger partial charge is 0.381 e. The Morgan fingerprint density at radius 2 is 2.11 bits per heavy atom. The Morgan fingerprint density at radius 1 is 1.39 bits per heavy atom. The number of unbranched alkanes of at least 4 members (excludes halogenated alkanes) is 1. The molecule has 0 spiro atoms. The van der Waals surface area contributed by atoms with Crippen molar-refractivity contribution in [1.82, 2.24) is 9.97 Å². The van der Waals surface area contributed by atoms with Crippen LogP contribution in [0.3, 0.4) is 0 Å². The third-order valence-corrected chi connectivity index (χ3v) is 3.65. The molecule has 0 saturated carbocycles. The van der Waals surface area contributed by atoms with E-state index in [2.05, 4.69) is 16.9 Å². The first-order chi connectivity index (χ1) is 8.72. The molecule has 1 saturated heterocycles. The highest BCUT2D eigenvalue weighted by Gasteiger charge is 2.19. The Morgan fingerprint density at radius 3 is 2.78 bits per heavy atom. The minimum absolute atomic E-state index is 0.0256. The number of aromatic nitrogens is 2. The van der Waals surface area contributed by atoms with Crippen molar-refractivity contribution in [3.05, 3.63) is 27.4 Å². The first-order valence-corrected chi connectivity index (χ1v) is 6.89. The molecule has 2 rings (SSSR count). The lowest BCUT2D eigenvalue weighted by atomic mass is 9.99. The molecule has 0 aromatic carbocycles. The van der Waals surface area contributed by atoms with E-state index in [1.54, 1.807) is 0 Å². The standard InChI is InChI=1S/C14H22N2O2/c1-3-4-5-12-10(2)14(17)16-13(15-12)11-6-8-18-9-7-11/h11H,3-9H2,1-2H3,(H,15,16,17). The summed E-state index contributed by atoms with van der Waals surface area (Å²) in [6, 6.07) is 0. The van der Waals surface area contributed by atoms with Gasteiger partial charge in [0.25, 0.3) is 5.56 Å². The molecule has 0 amide bonds. The zero-order valence-electron chi connectivity index (χ0n) is 11.3. The van der Waals surface area contributed by atoms with E-state index in [4.69, 9.17) is 4.74 Å². The number of aromatic amines is 1. The van der Waals surface area contributed by atoms with Crippen molar-refractivity contribution in [3.8, 4) is 0 Å². The molecule has 1 N–H and O–H groups in total. The van der Waals surface area contributed by atoms with Gasteiger partial charge in [0.15, 0.2) is 0 Å². The van der Waals surface area contributed by atoms with E-state index in [-0.39, 0.29) is 5.56 Å². The first kappa shape index (κ1) is 13.3. The Balaban J connectivity index is 2.25. The van der Waals surface area contributed by atoms with Gasteiger partial charge in [0.2, 0.25) is 0 Å². The Bertz CT molecular complexity index is 448. The summed E-state index contributed by atoms with van der Waals surface area (Å²) in [7, 11) is 0. The van der Waals surface area contributed by atoms with Crippen LogP contribution in [0.4, 0.5) is 0 Å². The van der Waals surface area contributed by atoms with Crippen LogP contribution in [0.2, 0.25) is 0 Å². The second-order valence-electron chi connectivity index (χ2n) is 5.01. The lowest BCUT2D eigenvalue weighted by Crippen LogP contribution is -2.23. The maximum Gasteiger partial charge on any atom is 0.254 e. The highest BCUT2D eigenvalue weighted by Crippen LogP contribution is 2.23. The predicted molar refractivity (Wildman–Crippen MR) is 71.0 cm³/mol. The van der Waals surface area contributed by atoms with Gasteiger partial charge in [-0.1, -0.05) is 13.3 Å². The van der Waals surface area contributed by atoms with Gasteiger partial charge in [0, 0.05) is 24.7 Å². The molecule has 0 bridgehead atoms. The molecule has 1 aliphatic heterocycles. The molecule has 2 heterocycles. The van der Waals surface area contributed by atoms with Crippen LogP contribution in [0.15, 0.2) is 4.79 Å². The Kier molecular flexibility index (Phi) is 4.53. The lowest BCUT2D eigenvalue weighted by Gasteiger charge is -2.21. The highest BCUT2D eigenvalue weighted by molar-refractivity contribution is 5.17. The third-order valence-electron chi connectivity index (χ3n) is 3.65. The van der Waals surface area contributed by atoms with Gasteiger partial charge in [-0.3, -0.25) is 4.79 Å². The van der Waals surface area contributed by atoms with Crippen molar-refractivity contribution in [2.24, 2.45) is 0 Å². The summed E-state index contributed by atoms with van der Waals surface area (Å²) in [4.78, 5) is 19.6. The SMILES string of the molecule is CCCCc1nc(C2CCOCC2)[nH]c(=O)c1C. The van der Waals surface area contributed by atoms with Crippen LogP contribution in [-0.4, -0.2) is 23.2 Å². The van der Waals surface area contributed by atoms with Gasteiger partial charge >= 0.3 is 0 Å². The fourth-order valence-electron chi connectivity index (χ4n) is 2.35. The van der Waals surface area contributed by atoms with Crippen molar-refractivity contribution in [3.63, 3.8) is 0 Å². The predicted octanol–water partition coefficient (Wildman–Crippen LogP) is 2.31. The summed E-state index contributed by atoms with van der Waals surface area (Å²) >= 11 is 0. The number of rotatable bonds is 4. The van der Waals surface area contributed by atoms with Crippen LogP contribution in [0.5, 0.6) is 0 Å². The average Bonchev–Trinajstić information content (AvgIpc) is 2.41. The topological polar surface area (TPSA) is 55.0 Å². The molecule has 0 atom stereocenters. The van der Waals surface area contributed by atoms with Crippen molar-refractivity contribution >= 4 is 0 Å². The number of ether oxygens (including phenoxy) is 1. The second-order valence-corrected chi connectivity index (χ2v) is 5.01. The Labute approximate surface area is 108 Å². The minimum Gasteiger partial charge on any atom is -0.381 e. The van der Waals surface area contributed by atoms with Crippen molar-refractivity contribution < 1.29 is 4.74 Å². The molecule has 4 heteroatoms.